The first-order valence-corrected chi connectivity index (χ1v) is 5.88. The van der Waals surface area contributed by atoms with Gasteiger partial charge >= 0.3 is 21.1 Å². The van der Waals surface area contributed by atoms with Crippen molar-refractivity contribution in [3.63, 3.8) is 0 Å². The van der Waals surface area contributed by atoms with Crippen molar-refractivity contribution in [3.05, 3.63) is 48.4 Å². The Morgan fingerprint density at radius 3 is 1.75 bits per heavy atom. The number of nitrogens with two attached hydrogens (primary N) is 1. The van der Waals surface area contributed by atoms with Gasteiger partial charge in [0.25, 0.3) is 5.69 Å². The molecule has 0 aromatic heterocycles. The van der Waals surface area contributed by atoms with Crippen molar-refractivity contribution in [2.75, 3.05) is 5.32 Å². The first kappa shape index (κ1) is 27.0. The van der Waals surface area contributed by atoms with Gasteiger partial charge in [-0.25, -0.2) is 0 Å². The average molecular weight is 453 g/mol. The van der Waals surface area contributed by atoms with Crippen LogP contribution in [0.25, 0.3) is 0 Å². The summed E-state index contributed by atoms with van der Waals surface area (Å²) in [5.74, 6) is -0.450. The maximum Gasteiger partial charge on any atom is 2.00 e. The second-order valence-electron chi connectivity index (χ2n) is 2.35. The van der Waals surface area contributed by atoms with E-state index in [9.17, 15) is 14.9 Å². The molecule has 0 atom stereocenters. The molecule has 0 aliphatic rings. The van der Waals surface area contributed by atoms with Crippen LogP contribution in [-0.4, -0.2) is 10.8 Å². The van der Waals surface area contributed by atoms with Crippen molar-refractivity contribution in [3.8, 4) is 0 Å². The summed E-state index contributed by atoms with van der Waals surface area (Å²) in [6.07, 6.45) is 0. The van der Waals surface area contributed by atoms with E-state index in [-0.39, 0.29) is 26.8 Å². The number of non-ortho nitro benzene ring substituents is 1. The van der Waals surface area contributed by atoms with Gasteiger partial charge in [0.15, 0.2) is 0 Å². The number of nitro groups is 1. The Morgan fingerprint density at radius 2 is 1.50 bits per heavy atom. The topological polar surface area (TPSA) is 98.3 Å². The Morgan fingerprint density at radius 1 is 1.15 bits per heavy atom. The van der Waals surface area contributed by atoms with Crippen molar-refractivity contribution in [1.82, 2.24) is 0 Å². The largest absolute Gasteiger partial charge is 2.00 e. The van der Waals surface area contributed by atoms with E-state index in [0.717, 1.165) is 0 Å². The van der Waals surface area contributed by atoms with E-state index in [1.165, 1.54) is 24.3 Å². The SMILES string of the molecule is CC.CC.[CH2-]C(=O)Nc1ccc([N+](=O)[O-])cc1.[CH2-]N.[W+2]. The number of amides is 1. The minimum absolute atomic E-state index is 0. The summed E-state index contributed by atoms with van der Waals surface area (Å²) in [6, 6.07) is 5.51. The number of anilines is 1. The van der Waals surface area contributed by atoms with Gasteiger partial charge in [0.05, 0.1) is 10.8 Å². The van der Waals surface area contributed by atoms with Crippen LogP contribution in [0.15, 0.2) is 24.3 Å². The molecule has 0 unspecified atom stereocenters. The number of hydrogen-bond donors (Lipinski definition) is 2. The molecule has 0 saturated heterocycles. The molecule has 1 aromatic carbocycles. The van der Waals surface area contributed by atoms with Crippen molar-refractivity contribution >= 4 is 17.3 Å². The van der Waals surface area contributed by atoms with Gasteiger partial charge < -0.3 is 22.8 Å². The molecule has 1 amide bonds. The van der Waals surface area contributed by atoms with Gasteiger partial charge in [-0.3, -0.25) is 17.2 Å². The van der Waals surface area contributed by atoms with Crippen LogP contribution in [0, 0.1) is 24.1 Å². The number of hydrogen-bond acceptors (Lipinski definition) is 4. The monoisotopic (exact) mass is 453 g/mol. The second-order valence-corrected chi connectivity index (χ2v) is 2.35. The molecule has 0 aliphatic carbocycles. The zero-order chi connectivity index (χ0) is 15.8. The molecule has 0 saturated carbocycles. The summed E-state index contributed by atoms with van der Waals surface area (Å²) < 4.78 is 0. The Balaban J connectivity index is -0.000000162. The summed E-state index contributed by atoms with van der Waals surface area (Å²) in [5.41, 5.74) is 4.73. The predicted octanol–water partition coefficient (Wildman–Crippen LogP) is 3.15. The number of benzene rings is 1. The van der Waals surface area contributed by atoms with Gasteiger partial charge in [-0.05, 0) is 12.1 Å². The van der Waals surface area contributed by atoms with Gasteiger partial charge in [0.2, 0.25) is 0 Å². The molecule has 0 heterocycles. The van der Waals surface area contributed by atoms with Gasteiger partial charge in [-0.2, -0.15) is 0 Å². The minimum atomic E-state index is -0.504. The summed E-state index contributed by atoms with van der Waals surface area (Å²) in [4.78, 5) is 20.2. The molecular weight excluding hydrogens is 430 g/mol. The van der Waals surface area contributed by atoms with Crippen LogP contribution in [0.4, 0.5) is 11.4 Å². The number of nitro benzene ring substituents is 1. The molecule has 0 aliphatic heterocycles. The summed E-state index contributed by atoms with van der Waals surface area (Å²) in [5, 5.41) is 12.6. The van der Waals surface area contributed by atoms with Crippen molar-refractivity contribution in [1.29, 1.82) is 0 Å². The summed E-state index contributed by atoms with van der Waals surface area (Å²) in [6.45, 7) is 11.1. The first-order valence-electron chi connectivity index (χ1n) is 5.88. The third kappa shape index (κ3) is 14.7. The Bertz CT molecular complexity index is 343. The fraction of sp³-hybridized carbons (Fsp3) is 0.308. The van der Waals surface area contributed by atoms with Crippen LogP contribution in [0.5, 0.6) is 0 Å². The Kier molecular flexibility index (Phi) is 27.0. The van der Waals surface area contributed by atoms with Crippen LogP contribution in [0.1, 0.15) is 27.7 Å². The fourth-order valence-corrected chi connectivity index (χ4v) is 0.827. The molecule has 0 radical (unpaired) electrons. The maximum absolute atomic E-state index is 10.5. The number of nitrogens with one attached hydrogen (secondary N) is 1. The van der Waals surface area contributed by atoms with Crippen molar-refractivity contribution in [2.24, 2.45) is 5.73 Å². The normalized spacial score (nSPS) is 6.90. The molecule has 20 heavy (non-hydrogen) atoms. The number of rotatable bonds is 2. The maximum atomic E-state index is 10.5. The van der Waals surface area contributed by atoms with Crippen LogP contribution >= 0.6 is 0 Å². The van der Waals surface area contributed by atoms with Crippen LogP contribution in [-0.2, 0) is 25.9 Å². The van der Waals surface area contributed by atoms with Gasteiger partial charge in [-0.15, -0.1) is 0 Å². The molecule has 6 nitrogen and oxygen atoms in total. The first-order chi connectivity index (χ1) is 9.09. The van der Waals surface area contributed by atoms with E-state index in [2.05, 4.69) is 25.0 Å². The van der Waals surface area contributed by atoms with Crippen molar-refractivity contribution < 1.29 is 30.8 Å². The predicted molar refractivity (Wildman–Crippen MR) is 79.3 cm³/mol. The molecule has 1 aromatic rings. The fourth-order valence-electron chi connectivity index (χ4n) is 0.827. The summed E-state index contributed by atoms with van der Waals surface area (Å²) in [7, 11) is 2.75. The molecule has 0 spiro atoms. The standard InChI is InChI=1S/C8H7N2O3.2C2H6.CH4N.W/c1-6(11)9-7-2-4-8(5-3-7)10(12)13;3*1-2;/h2-5H,1H2,(H,9,11);2*1-2H3;1-2H2;/q-1;;;-1;+2. The smallest absolute Gasteiger partial charge is 0.486 e. The Hall–Kier alpha value is -1.39. The molecule has 1 rings (SSSR count). The zero-order valence-corrected chi connectivity index (χ0v) is 15.3. The minimum Gasteiger partial charge on any atom is -0.486 e. The number of carbonyl (C=O) groups is 1. The van der Waals surface area contributed by atoms with Gasteiger partial charge in [0.1, 0.15) is 0 Å². The van der Waals surface area contributed by atoms with E-state index >= 15 is 0 Å². The Labute approximate surface area is 135 Å². The molecular formula is C13H23N3O3W. The molecule has 3 N–H and O–H groups in total. The zero-order valence-electron chi connectivity index (χ0n) is 12.4. The average Bonchev–Trinajstić information content (AvgIpc) is 2.45. The number of carbonyl (C=O) groups excluding carboxylic acids is 1. The van der Waals surface area contributed by atoms with Gasteiger partial charge in [-0.1, -0.05) is 27.7 Å². The second kappa shape index (κ2) is 19.9. The van der Waals surface area contributed by atoms with Crippen LogP contribution in [0.2, 0.25) is 0 Å². The van der Waals surface area contributed by atoms with E-state index in [0.29, 0.717) is 5.69 Å². The van der Waals surface area contributed by atoms with E-state index in [4.69, 9.17) is 0 Å². The van der Waals surface area contributed by atoms with Crippen LogP contribution in [0.3, 0.4) is 0 Å². The third-order valence-electron chi connectivity index (χ3n) is 1.36. The quantitative estimate of drug-likeness (QED) is 0.409. The molecule has 0 fully saturated rings. The van der Waals surface area contributed by atoms with E-state index < -0.39 is 10.8 Å². The van der Waals surface area contributed by atoms with Crippen molar-refractivity contribution in [2.45, 2.75) is 27.7 Å². The third-order valence-corrected chi connectivity index (χ3v) is 1.36. The molecule has 0 bridgehead atoms. The van der Waals surface area contributed by atoms with Gasteiger partial charge in [0, 0.05) is 17.8 Å². The molecule has 114 valence electrons. The number of nitrogens with zero attached hydrogens (tertiary/aromatic N) is 1. The van der Waals surface area contributed by atoms with E-state index in [1.807, 2.05) is 27.7 Å². The van der Waals surface area contributed by atoms with E-state index in [1.54, 1.807) is 0 Å². The summed E-state index contributed by atoms with van der Waals surface area (Å²) >= 11 is 0. The molecule has 7 heteroatoms. The van der Waals surface area contributed by atoms with Crippen LogP contribution < -0.4 is 11.1 Å².